The van der Waals surface area contributed by atoms with E-state index in [-0.39, 0.29) is 17.0 Å². The van der Waals surface area contributed by atoms with E-state index in [1.54, 1.807) is 6.92 Å². The smallest absolute Gasteiger partial charge is 0.405 e. The zero-order valence-electron chi connectivity index (χ0n) is 5.85. The van der Waals surface area contributed by atoms with Crippen molar-refractivity contribution in [2.45, 2.75) is 24.7 Å². The summed E-state index contributed by atoms with van der Waals surface area (Å²) in [5.74, 6) is 0. The second-order valence-corrected chi connectivity index (χ2v) is 3.73. The van der Waals surface area contributed by atoms with Gasteiger partial charge in [-0.15, -0.1) is 17.0 Å². The van der Waals surface area contributed by atoms with Gasteiger partial charge in [0.05, 0.1) is 4.45 Å². The third-order valence-corrected chi connectivity index (χ3v) is 1.79. The number of carboxylic acid groups (broad SMARTS) is 1. The third kappa shape index (κ3) is 6.35. The van der Waals surface area contributed by atoms with E-state index < -0.39 is 10.5 Å². The third-order valence-electron chi connectivity index (χ3n) is 1.03. The fraction of sp³-hybridized carbons (Fsp3) is 0.800. The average molecular weight is 277 g/mol. The minimum Gasteiger partial charge on any atom is -0.465 e. The summed E-state index contributed by atoms with van der Waals surface area (Å²) in [6.07, 6.45) is -0.282. The normalized spacial score (nSPS) is 14.7. The van der Waals surface area contributed by atoms with Gasteiger partial charge in [-0.05, 0) is 13.3 Å². The lowest BCUT2D eigenvalue weighted by atomic mass is 10.3. The van der Waals surface area contributed by atoms with Crippen LogP contribution in [0.3, 0.4) is 0 Å². The van der Waals surface area contributed by atoms with Crippen molar-refractivity contribution in [3.8, 4) is 0 Å². The molecule has 1 amide bonds. The molecule has 62 valence electrons. The quantitative estimate of drug-likeness (QED) is 0.601. The molecule has 5 heteroatoms. The van der Waals surface area contributed by atoms with E-state index in [2.05, 4.69) is 21.2 Å². The van der Waals surface area contributed by atoms with Crippen LogP contribution >= 0.6 is 32.9 Å². The Morgan fingerprint density at radius 3 is 2.30 bits per heavy atom. The van der Waals surface area contributed by atoms with Crippen molar-refractivity contribution >= 4 is 39.0 Å². The van der Waals surface area contributed by atoms with E-state index in [4.69, 9.17) is 5.11 Å². The fourth-order valence-corrected chi connectivity index (χ4v) is 0.481. The van der Waals surface area contributed by atoms with Crippen molar-refractivity contribution in [3.63, 3.8) is 0 Å². The Morgan fingerprint density at radius 2 is 2.20 bits per heavy atom. The summed E-state index contributed by atoms with van der Waals surface area (Å²) in [5, 5.41) is 10.5. The number of hydrogen-bond acceptors (Lipinski definition) is 1. The van der Waals surface area contributed by atoms with Crippen LogP contribution in [-0.2, 0) is 0 Å². The number of alkyl halides is 1. The SMILES string of the molecule is Br.CCC(C)(Br)NC(=O)O. The number of amides is 1. The number of carbonyl (C=O) groups is 1. The summed E-state index contributed by atoms with van der Waals surface area (Å²) < 4.78 is -0.473. The van der Waals surface area contributed by atoms with Gasteiger partial charge < -0.3 is 10.4 Å². The lowest BCUT2D eigenvalue weighted by Gasteiger charge is -2.19. The van der Waals surface area contributed by atoms with Gasteiger partial charge >= 0.3 is 6.09 Å². The topological polar surface area (TPSA) is 49.3 Å². The molecule has 0 aromatic rings. The lowest BCUT2D eigenvalue weighted by Crippen LogP contribution is -2.39. The fourth-order valence-electron chi connectivity index (χ4n) is 0.311. The minimum absolute atomic E-state index is 0. The maximum atomic E-state index is 10.0. The van der Waals surface area contributed by atoms with Crippen LogP contribution in [0, 0.1) is 0 Å². The molecule has 0 rings (SSSR count). The largest absolute Gasteiger partial charge is 0.465 e. The van der Waals surface area contributed by atoms with Crippen LogP contribution in [0.4, 0.5) is 4.79 Å². The minimum atomic E-state index is -1.00. The molecule has 0 saturated heterocycles. The molecule has 0 aliphatic heterocycles. The van der Waals surface area contributed by atoms with Crippen LogP contribution in [0.15, 0.2) is 0 Å². The van der Waals surface area contributed by atoms with Gasteiger partial charge in [-0.1, -0.05) is 22.9 Å². The first-order valence-electron chi connectivity index (χ1n) is 2.68. The van der Waals surface area contributed by atoms with E-state index in [1.165, 1.54) is 0 Å². The molecule has 0 radical (unpaired) electrons. The van der Waals surface area contributed by atoms with Gasteiger partial charge in [0.25, 0.3) is 0 Å². The van der Waals surface area contributed by atoms with E-state index in [0.29, 0.717) is 0 Å². The van der Waals surface area contributed by atoms with Crippen molar-refractivity contribution in [1.29, 1.82) is 0 Å². The van der Waals surface area contributed by atoms with Crippen molar-refractivity contribution in [2.24, 2.45) is 0 Å². The highest BCUT2D eigenvalue weighted by Crippen LogP contribution is 2.16. The Kier molecular flexibility index (Phi) is 6.38. The van der Waals surface area contributed by atoms with E-state index in [1.807, 2.05) is 6.92 Å². The molecule has 0 heterocycles. The van der Waals surface area contributed by atoms with Gasteiger partial charge in [-0.3, -0.25) is 0 Å². The molecule has 0 aromatic carbocycles. The van der Waals surface area contributed by atoms with Crippen LogP contribution in [0.2, 0.25) is 0 Å². The Bertz CT molecular complexity index is 116. The first kappa shape index (κ1) is 12.9. The van der Waals surface area contributed by atoms with Crippen molar-refractivity contribution in [1.82, 2.24) is 5.32 Å². The molecule has 0 aromatic heterocycles. The second-order valence-electron chi connectivity index (χ2n) is 1.98. The molecule has 3 nitrogen and oxygen atoms in total. The molecule has 0 fully saturated rings. The molecular weight excluding hydrogens is 266 g/mol. The van der Waals surface area contributed by atoms with Crippen molar-refractivity contribution in [2.75, 3.05) is 0 Å². The molecule has 0 bridgehead atoms. The number of rotatable bonds is 2. The Labute approximate surface area is 79.1 Å². The van der Waals surface area contributed by atoms with E-state index >= 15 is 0 Å². The highest BCUT2D eigenvalue weighted by Gasteiger charge is 2.18. The zero-order valence-corrected chi connectivity index (χ0v) is 9.15. The molecule has 1 unspecified atom stereocenters. The van der Waals surface area contributed by atoms with Crippen LogP contribution in [0.1, 0.15) is 20.3 Å². The Hall–Kier alpha value is 0.230. The number of hydrogen-bond donors (Lipinski definition) is 2. The Balaban J connectivity index is 0. The van der Waals surface area contributed by atoms with Crippen molar-refractivity contribution in [3.05, 3.63) is 0 Å². The van der Waals surface area contributed by atoms with Gasteiger partial charge in [-0.2, -0.15) is 0 Å². The first-order chi connectivity index (χ1) is 3.98. The summed E-state index contributed by atoms with van der Waals surface area (Å²) in [6, 6.07) is 0. The summed E-state index contributed by atoms with van der Waals surface area (Å²) in [4.78, 5) is 10.0. The van der Waals surface area contributed by atoms with Gasteiger partial charge in [-0.25, -0.2) is 4.79 Å². The van der Waals surface area contributed by atoms with Crippen LogP contribution < -0.4 is 5.32 Å². The standard InChI is InChI=1S/C5H10BrNO2.BrH/c1-3-5(2,6)7-4(8)9;/h7H,3H2,1-2H3,(H,8,9);1H. The maximum absolute atomic E-state index is 10.0. The van der Waals surface area contributed by atoms with E-state index in [0.717, 1.165) is 6.42 Å². The Morgan fingerprint density at radius 1 is 1.80 bits per heavy atom. The van der Waals surface area contributed by atoms with E-state index in [9.17, 15) is 4.79 Å². The molecule has 0 aliphatic carbocycles. The molecule has 0 spiro atoms. The summed E-state index contributed by atoms with van der Waals surface area (Å²) in [7, 11) is 0. The van der Waals surface area contributed by atoms with Crippen LogP contribution in [-0.4, -0.2) is 15.6 Å². The molecule has 2 N–H and O–H groups in total. The maximum Gasteiger partial charge on any atom is 0.405 e. The van der Waals surface area contributed by atoms with Gasteiger partial charge in [0.2, 0.25) is 0 Å². The number of halogens is 2. The highest BCUT2D eigenvalue weighted by atomic mass is 79.9. The summed E-state index contributed by atoms with van der Waals surface area (Å²) >= 11 is 3.19. The monoisotopic (exact) mass is 275 g/mol. The molecular formula is C5H11Br2NO2. The molecule has 10 heavy (non-hydrogen) atoms. The predicted octanol–water partition coefficient (Wildman–Crippen LogP) is 2.35. The molecule has 0 saturated carbocycles. The second kappa shape index (κ2) is 4.96. The van der Waals surface area contributed by atoms with Crippen molar-refractivity contribution < 1.29 is 9.90 Å². The highest BCUT2D eigenvalue weighted by molar-refractivity contribution is 9.10. The van der Waals surface area contributed by atoms with Gasteiger partial charge in [0.1, 0.15) is 0 Å². The molecule has 1 atom stereocenters. The average Bonchev–Trinajstić information content (AvgIpc) is 1.63. The summed E-state index contributed by atoms with van der Waals surface area (Å²) in [5.41, 5.74) is 0. The van der Waals surface area contributed by atoms with Crippen LogP contribution in [0.5, 0.6) is 0 Å². The summed E-state index contributed by atoms with van der Waals surface area (Å²) in [6.45, 7) is 3.66. The van der Waals surface area contributed by atoms with Gasteiger partial charge in [0, 0.05) is 0 Å². The number of nitrogens with one attached hydrogen (secondary N) is 1. The predicted molar refractivity (Wildman–Crippen MR) is 49.1 cm³/mol. The van der Waals surface area contributed by atoms with Gasteiger partial charge in [0.15, 0.2) is 0 Å². The lowest BCUT2D eigenvalue weighted by molar-refractivity contribution is 0.189. The van der Waals surface area contributed by atoms with Crippen LogP contribution in [0.25, 0.3) is 0 Å². The first-order valence-corrected chi connectivity index (χ1v) is 3.47. The molecule has 0 aliphatic rings. The zero-order chi connectivity index (χ0) is 7.49.